The molecule has 3 heterocycles. The van der Waals surface area contributed by atoms with Gasteiger partial charge in [0.15, 0.2) is 0 Å². The highest BCUT2D eigenvalue weighted by Crippen LogP contribution is 2.51. The fourth-order valence-corrected chi connectivity index (χ4v) is 6.84. The van der Waals surface area contributed by atoms with Crippen LogP contribution in [-0.2, 0) is 26.2 Å². The van der Waals surface area contributed by atoms with Gasteiger partial charge in [-0.3, -0.25) is 9.59 Å². The number of aryl methyl sites for hydroxylation is 1. The van der Waals surface area contributed by atoms with Gasteiger partial charge in [0.25, 0.3) is 5.91 Å². The molecule has 1 amide bonds. The van der Waals surface area contributed by atoms with Crippen molar-refractivity contribution < 1.29 is 29.0 Å². The monoisotopic (exact) mass is 599 g/mol. The summed E-state index contributed by atoms with van der Waals surface area (Å²) in [6, 6.07) is 4.20. The zero-order chi connectivity index (χ0) is 30.3. The molecule has 11 heteroatoms. The third kappa shape index (κ3) is 6.16. The predicted molar refractivity (Wildman–Crippen MR) is 158 cm³/mol. The minimum absolute atomic E-state index is 0.000992. The molecule has 0 radical (unpaired) electrons. The van der Waals surface area contributed by atoms with E-state index >= 15 is 0 Å². The Labute approximate surface area is 248 Å². The number of carbonyl (C=O) groups is 3. The van der Waals surface area contributed by atoms with Crippen LogP contribution in [0.2, 0.25) is 0 Å². The van der Waals surface area contributed by atoms with E-state index in [4.69, 9.17) is 9.47 Å². The van der Waals surface area contributed by atoms with Crippen LogP contribution in [0.5, 0.6) is 5.75 Å². The second-order valence-electron chi connectivity index (χ2n) is 12.4. The minimum Gasteiger partial charge on any atom is -0.496 e. The van der Waals surface area contributed by atoms with Crippen LogP contribution in [-0.4, -0.2) is 56.1 Å². The molecule has 2 aromatic heterocycles. The first-order valence-corrected chi connectivity index (χ1v) is 15.1. The molecule has 9 nitrogen and oxygen atoms in total. The third-order valence-electron chi connectivity index (χ3n) is 7.10. The van der Waals surface area contributed by atoms with Crippen LogP contribution >= 0.6 is 22.7 Å². The van der Waals surface area contributed by atoms with Crippen LogP contribution in [0.3, 0.4) is 0 Å². The van der Waals surface area contributed by atoms with Gasteiger partial charge >= 0.3 is 11.9 Å². The van der Waals surface area contributed by atoms with Gasteiger partial charge in [0.05, 0.1) is 30.3 Å². The summed E-state index contributed by atoms with van der Waals surface area (Å²) in [7, 11) is 1.55. The van der Waals surface area contributed by atoms with E-state index in [1.165, 1.54) is 27.6 Å². The Morgan fingerprint density at radius 1 is 1.15 bits per heavy atom. The first-order chi connectivity index (χ1) is 19.1. The summed E-state index contributed by atoms with van der Waals surface area (Å²) in [6.07, 6.45) is 1.50. The number of methoxy groups -OCH3 is 1. The molecule has 1 fully saturated rings. The lowest BCUT2D eigenvalue weighted by molar-refractivity contribution is -0.167. The lowest BCUT2D eigenvalue weighted by Crippen LogP contribution is -2.57. The SMILES string of the molecule is COc1cc(C(=O)N2[C@@H](c3ncc(C)s3)[C@@H](C(=O)O)C[C@@]2(Cc2cscn2)C(=O)OC(C)(C)C)ccc1C(C)(C)C. The van der Waals surface area contributed by atoms with Gasteiger partial charge in [-0.25, -0.2) is 14.8 Å². The smallest absolute Gasteiger partial charge is 0.333 e. The average Bonchev–Trinajstić information content (AvgIpc) is 3.61. The maximum absolute atomic E-state index is 14.7. The number of ether oxygens (including phenoxy) is 2. The summed E-state index contributed by atoms with van der Waals surface area (Å²) in [5, 5.41) is 12.7. The number of benzene rings is 1. The van der Waals surface area contributed by atoms with Gasteiger partial charge in [0, 0.05) is 28.4 Å². The average molecular weight is 600 g/mol. The summed E-state index contributed by atoms with van der Waals surface area (Å²) in [5.41, 5.74) is 0.612. The number of rotatable bonds is 7. The van der Waals surface area contributed by atoms with Crippen LogP contribution in [0.25, 0.3) is 0 Å². The Morgan fingerprint density at radius 2 is 1.85 bits per heavy atom. The molecule has 1 aromatic carbocycles. The highest BCUT2D eigenvalue weighted by atomic mass is 32.1. The number of amides is 1. The van der Waals surface area contributed by atoms with E-state index < -0.39 is 40.9 Å². The molecular formula is C30H37N3O6S2. The standard InChI is InChI=1S/C30H37N3O6S2/c1-17-14-31-24(41-17)23-20(26(35)36)13-30(12-19-15-40-16-32-19,27(37)39-29(5,6)7)33(23)25(34)18-9-10-21(28(2,3)4)22(11-18)38-8/h9-11,14-16,20,23H,12-13H2,1-8H3,(H,35,36)/t20-,23+,30-/m0/s1. The Morgan fingerprint density at radius 3 is 2.37 bits per heavy atom. The maximum Gasteiger partial charge on any atom is 0.333 e. The summed E-state index contributed by atoms with van der Waals surface area (Å²) in [5.74, 6) is -2.88. The molecule has 1 N–H and O–H groups in total. The van der Waals surface area contributed by atoms with Crippen LogP contribution in [0, 0.1) is 12.8 Å². The molecule has 0 aliphatic carbocycles. The summed E-state index contributed by atoms with van der Waals surface area (Å²) >= 11 is 2.67. The van der Waals surface area contributed by atoms with Crippen molar-refractivity contribution in [2.75, 3.05) is 7.11 Å². The van der Waals surface area contributed by atoms with Gasteiger partial charge in [-0.05, 0) is 57.2 Å². The van der Waals surface area contributed by atoms with Crippen LogP contribution in [0.1, 0.15) is 85.5 Å². The molecular weight excluding hydrogens is 562 g/mol. The molecule has 1 saturated heterocycles. The van der Waals surface area contributed by atoms with E-state index in [0.29, 0.717) is 16.5 Å². The van der Waals surface area contributed by atoms with Crippen LogP contribution < -0.4 is 4.74 Å². The minimum atomic E-state index is -1.65. The van der Waals surface area contributed by atoms with E-state index in [9.17, 15) is 19.5 Å². The summed E-state index contributed by atoms with van der Waals surface area (Å²) in [4.78, 5) is 52.9. The van der Waals surface area contributed by atoms with E-state index in [2.05, 4.69) is 9.97 Å². The van der Waals surface area contributed by atoms with Crippen molar-refractivity contribution in [3.05, 3.63) is 62.0 Å². The van der Waals surface area contributed by atoms with Crippen LogP contribution in [0.4, 0.5) is 0 Å². The number of carboxylic acids is 1. The number of carbonyl (C=O) groups excluding carboxylic acids is 2. The summed E-state index contributed by atoms with van der Waals surface area (Å²) < 4.78 is 11.6. The number of aliphatic carboxylic acids is 1. The first kappa shape index (κ1) is 30.6. The van der Waals surface area contributed by atoms with Crippen molar-refractivity contribution in [1.29, 1.82) is 0 Å². The van der Waals surface area contributed by atoms with Crippen molar-refractivity contribution in [2.24, 2.45) is 5.92 Å². The Kier molecular flexibility index (Phi) is 8.35. The van der Waals surface area contributed by atoms with Crippen molar-refractivity contribution in [1.82, 2.24) is 14.9 Å². The molecule has 3 atom stereocenters. The van der Waals surface area contributed by atoms with Crippen LogP contribution in [0.15, 0.2) is 35.3 Å². The largest absolute Gasteiger partial charge is 0.496 e. The summed E-state index contributed by atoms with van der Waals surface area (Å²) in [6.45, 7) is 13.2. The molecule has 41 heavy (non-hydrogen) atoms. The molecule has 4 rings (SSSR count). The van der Waals surface area contributed by atoms with Gasteiger partial charge in [-0.15, -0.1) is 22.7 Å². The van der Waals surface area contributed by atoms with E-state index in [1.54, 1.807) is 57.1 Å². The number of aromatic nitrogens is 2. The number of hydrogen-bond donors (Lipinski definition) is 1. The Bertz CT molecular complexity index is 1440. The molecule has 0 spiro atoms. The van der Waals surface area contributed by atoms with Gasteiger partial charge in [-0.1, -0.05) is 26.8 Å². The highest BCUT2D eigenvalue weighted by Gasteiger charge is 2.63. The number of likely N-dealkylation sites (tertiary alicyclic amines) is 1. The molecule has 0 unspecified atom stereocenters. The molecule has 0 bridgehead atoms. The van der Waals surface area contributed by atoms with Gasteiger partial charge in [0.1, 0.15) is 21.9 Å². The zero-order valence-corrected chi connectivity index (χ0v) is 26.3. The second-order valence-corrected chi connectivity index (χ2v) is 14.4. The quantitative estimate of drug-likeness (QED) is 0.337. The second kappa shape index (κ2) is 11.2. The van der Waals surface area contributed by atoms with Crippen molar-refractivity contribution in [3.8, 4) is 5.75 Å². The fraction of sp³-hybridized carbons (Fsp3) is 0.500. The Balaban J connectivity index is 1.98. The zero-order valence-electron chi connectivity index (χ0n) is 24.7. The molecule has 220 valence electrons. The fourth-order valence-electron chi connectivity index (χ4n) is 5.35. The van der Waals surface area contributed by atoms with E-state index in [1.807, 2.05) is 33.8 Å². The van der Waals surface area contributed by atoms with Crippen molar-refractivity contribution in [2.45, 2.75) is 83.9 Å². The lowest BCUT2D eigenvalue weighted by Gasteiger charge is -2.40. The highest BCUT2D eigenvalue weighted by molar-refractivity contribution is 7.11. The number of thiazole rings is 2. The molecule has 1 aliphatic heterocycles. The van der Waals surface area contributed by atoms with Gasteiger partial charge in [0.2, 0.25) is 0 Å². The lowest BCUT2D eigenvalue weighted by atomic mass is 9.85. The third-order valence-corrected chi connectivity index (χ3v) is 8.72. The number of hydrogen-bond acceptors (Lipinski definition) is 9. The maximum atomic E-state index is 14.7. The first-order valence-electron chi connectivity index (χ1n) is 13.4. The number of esters is 1. The van der Waals surface area contributed by atoms with E-state index in [-0.39, 0.29) is 23.8 Å². The number of nitrogens with zero attached hydrogens (tertiary/aromatic N) is 3. The van der Waals surface area contributed by atoms with E-state index in [0.717, 1.165) is 10.4 Å². The molecule has 1 aliphatic rings. The topological polar surface area (TPSA) is 119 Å². The number of carboxylic acid groups (broad SMARTS) is 1. The molecule has 3 aromatic rings. The van der Waals surface area contributed by atoms with Gasteiger partial charge in [-0.2, -0.15) is 0 Å². The normalized spacial score (nSPS) is 21.1. The molecule has 0 saturated carbocycles. The van der Waals surface area contributed by atoms with Gasteiger partial charge < -0.3 is 19.5 Å². The van der Waals surface area contributed by atoms with Crippen molar-refractivity contribution >= 4 is 40.5 Å². The van der Waals surface area contributed by atoms with Crippen molar-refractivity contribution in [3.63, 3.8) is 0 Å². The Hall–Kier alpha value is -3.31. The predicted octanol–water partition coefficient (Wildman–Crippen LogP) is 5.83.